The van der Waals surface area contributed by atoms with Gasteiger partial charge in [-0.25, -0.2) is 0 Å². The summed E-state index contributed by atoms with van der Waals surface area (Å²) in [4.78, 5) is 35.2. The average molecular weight is 412 g/mol. The van der Waals surface area contributed by atoms with Crippen molar-refractivity contribution in [1.29, 1.82) is 0 Å². The third-order valence-electron chi connectivity index (χ3n) is 3.50. The first kappa shape index (κ1) is 20.6. The highest BCUT2D eigenvalue weighted by atomic mass is 35.5. The average Bonchev–Trinajstić information content (AvgIpc) is 2.58. The Kier molecular flexibility index (Phi) is 7.12. The number of carbonyl (C=O) groups is 2. The Morgan fingerprint density at radius 3 is 2.22 bits per heavy atom. The van der Waals surface area contributed by atoms with Crippen molar-refractivity contribution in [1.82, 2.24) is 0 Å². The van der Waals surface area contributed by atoms with Crippen molar-refractivity contribution in [2.24, 2.45) is 0 Å². The Bertz CT molecular complexity index is 876. The maximum absolute atomic E-state index is 12.1. The number of quaternary nitrogens is 1. The van der Waals surface area contributed by atoms with Gasteiger partial charge in [0.1, 0.15) is 5.69 Å². The van der Waals surface area contributed by atoms with Gasteiger partial charge in [0.15, 0.2) is 13.1 Å². The molecule has 8 nitrogen and oxygen atoms in total. The molecule has 0 radical (unpaired) electrons. The Morgan fingerprint density at radius 2 is 1.63 bits per heavy atom. The fraction of sp³-hybridized carbons (Fsp3) is 0.176. The summed E-state index contributed by atoms with van der Waals surface area (Å²) in [5, 5.41) is 16.8. The predicted octanol–water partition coefficient (Wildman–Crippen LogP) is 1.99. The normalized spacial score (nSPS) is 11.5. The number of carbonyl (C=O) groups excluding carboxylic acids is 2. The van der Waals surface area contributed by atoms with Gasteiger partial charge in [-0.3, -0.25) is 19.7 Å². The molecule has 0 bridgehead atoms. The zero-order valence-corrected chi connectivity index (χ0v) is 15.8. The van der Waals surface area contributed by atoms with Crippen LogP contribution in [0.5, 0.6) is 0 Å². The van der Waals surface area contributed by atoms with Crippen LogP contribution in [0.15, 0.2) is 42.5 Å². The van der Waals surface area contributed by atoms with Crippen molar-refractivity contribution in [3.05, 3.63) is 62.6 Å². The number of hydrogen-bond donors (Lipinski definition) is 3. The monoisotopic (exact) mass is 411 g/mol. The summed E-state index contributed by atoms with van der Waals surface area (Å²) < 4.78 is 0. The highest BCUT2D eigenvalue weighted by Crippen LogP contribution is 2.27. The van der Waals surface area contributed by atoms with E-state index in [0.29, 0.717) is 15.6 Å². The number of para-hydroxylation sites is 1. The van der Waals surface area contributed by atoms with Crippen LogP contribution >= 0.6 is 23.2 Å². The van der Waals surface area contributed by atoms with Crippen molar-refractivity contribution in [2.45, 2.75) is 0 Å². The number of nitro benzene ring substituents is 1. The Morgan fingerprint density at radius 1 is 1.04 bits per heavy atom. The molecule has 142 valence electrons. The SMILES string of the molecule is C[NH+](CC(=O)Nc1ccccc1Cl)CC(=O)Nc1ccc(Cl)cc1[N+](=O)[O-]. The molecular weight excluding hydrogens is 395 g/mol. The number of anilines is 2. The third-order valence-corrected chi connectivity index (χ3v) is 4.07. The topological polar surface area (TPSA) is 106 Å². The van der Waals surface area contributed by atoms with Crippen LogP contribution in [-0.4, -0.2) is 36.9 Å². The third kappa shape index (κ3) is 6.21. The first-order chi connectivity index (χ1) is 12.8. The van der Waals surface area contributed by atoms with Gasteiger partial charge in [0, 0.05) is 11.1 Å². The number of rotatable bonds is 7. The van der Waals surface area contributed by atoms with Gasteiger partial charge in [-0.15, -0.1) is 0 Å². The van der Waals surface area contributed by atoms with Gasteiger partial charge in [0.25, 0.3) is 17.5 Å². The standard InChI is InChI=1S/C17H16Cl2N4O4/c1-22(9-16(24)20-13-5-3-2-4-12(13)19)10-17(25)21-14-7-6-11(18)8-15(14)23(26)27/h2-8H,9-10H2,1H3,(H,20,24)(H,21,25)/p+1. The Hall–Kier alpha value is -2.68. The minimum Gasteiger partial charge on any atom is -0.322 e. The zero-order chi connectivity index (χ0) is 20.0. The molecule has 2 aromatic rings. The molecule has 0 saturated carbocycles. The molecule has 1 atom stereocenters. The largest absolute Gasteiger partial charge is 0.322 e. The predicted molar refractivity (Wildman–Crippen MR) is 103 cm³/mol. The summed E-state index contributed by atoms with van der Waals surface area (Å²) in [5.41, 5.74) is 0.228. The molecule has 0 saturated heterocycles. The maximum Gasteiger partial charge on any atom is 0.294 e. The van der Waals surface area contributed by atoms with Crippen molar-refractivity contribution < 1.29 is 19.4 Å². The van der Waals surface area contributed by atoms with E-state index in [-0.39, 0.29) is 35.4 Å². The van der Waals surface area contributed by atoms with Crippen molar-refractivity contribution in [2.75, 3.05) is 30.8 Å². The molecule has 0 fully saturated rings. The van der Waals surface area contributed by atoms with Crippen LogP contribution in [0.25, 0.3) is 0 Å². The second-order valence-electron chi connectivity index (χ2n) is 5.81. The summed E-state index contributed by atoms with van der Waals surface area (Å²) in [6.07, 6.45) is 0. The van der Waals surface area contributed by atoms with E-state index in [1.807, 2.05) is 0 Å². The minimum atomic E-state index is -0.630. The van der Waals surface area contributed by atoms with E-state index >= 15 is 0 Å². The lowest BCUT2D eigenvalue weighted by atomic mass is 10.2. The number of benzene rings is 2. The van der Waals surface area contributed by atoms with Gasteiger partial charge >= 0.3 is 0 Å². The van der Waals surface area contributed by atoms with E-state index in [2.05, 4.69) is 10.6 Å². The van der Waals surface area contributed by atoms with Crippen molar-refractivity contribution >= 4 is 52.1 Å². The fourth-order valence-electron chi connectivity index (χ4n) is 2.32. The van der Waals surface area contributed by atoms with E-state index in [1.165, 1.54) is 12.1 Å². The van der Waals surface area contributed by atoms with Crippen LogP contribution in [0.4, 0.5) is 17.1 Å². The summed E-state index contributed by atoms with van der Waals surface area (Å²) in [7, 11) is 1.65. The first-order valence-electron chi connectivity index (χ1n) is 7.85. The molecule has 0 aromatic heterocycles. The maximum atomic E-state index is 12.1. The van der Waals surface area contributed by atoms with E-state index < -0.39 is 10.8 Å². The van der Waals surface area contributed by atoms with Gasteiger partial charge in [0.05, 0.1) is 22.7 Å². The number of amides is 2. The molecule has 3 N–H and O–H groups in total. The van der Waals surface area contributed by atoms with Crippen LogP contribution < -0.4 is 15.5 Å². The van der Waals surface area contributed by atoms with Gasteiger partial charge in [-0.2, -0.15) is 0 Å². The van der Waals surface area contributed by atoms with E-state index in [0.717, 1.165) is 6.07 Å². The number of nitrogens with one attached hydrogen (secondary N) is 3. The van der Waals surface area contributed by atoms with Crippen LogP contribution in [0.1, 0.15) is 0 Å². The number of hydrogen-bond acceptors (Lipinski definition) is 4. The van der Waals surface area contributed by atoms with E-state index in [9.17, 15) is 19.7 Å². The van der Waals surface area contributed by atoms with Crippen LogP contribution in [0.3, 0.4) is 0 Å². The summed E-state index contributed by atoms with van der Waals surface area (Å²) in [5.74, 6) is -0.783. The lowest BCUT2D eigenvalue weighted by Crippen LogP contribution is -3.11. The summed E-state index contributed by atoms with van der Waals surface area (Å²) in [6, 6.07) is 10.8. The van der Waals surface area contributed by atoms with Crippen molar-refractivity contribution in [3.8, 4) is 0 Å². The molecule has 0 aliphatic rings. The first-order valence-corrected chi connectivity index (χ1v) is 8.61. The number of nitro groups is 1. The summed E-state index contributed by atoms with van der Waals surface area (Å²) >= 11 is 11.7. The van der Waals surface area contributed by atoms with Gasteiger partial charge in [-0.05, 0) is 24.3 Å². The highest BCUT2D eigenvalue weighted by Gasteiger charge is 2.19. The molecule has 2 amide bonds. The molecule has 0 aliphatic heterocycles. The van der Waals surface area contributed by atoms with E-state index in [1.54, 1.807) is 31.3 Å². The fourth-order valence-corrected chi connectivity index (χ4v) is 2.67. The number of likely N-dealkylation sites (N-methyl/N-ethyl adjacent to an activating group) is 1. The zero-order valence-electron chi connectivity index (χ0n) is 14.3. The highest BCUT2D eigenvalue weighted by molar-refractivity contribution is 6.33. The molecule has 10 heteroatoms. The van der Waals surface area contributed by atoms with Crippen LogP contribution in [0.2, 0.25) is 10.0 Å². The van der Waals surface area contributed by atoms with Crippen LogP contribution in [0, 0.1) is 10.1 Å². The number of nitrogens with zero attached hydrogens (tertiary/aromatic N) is 1. The molecule has 27 heavy (non-hydrogen) atoms. The van der Waals surface area contributed by atoms with Crippen molar-refractivity contribution in [3.63, 3.8) is 0 Å². The molecule has 0 aliphatic carbocycles. The molecule has 0 heterocycles. The quantitative estimate of drug-likeness (QED) is 0.478. The molecule has 2 aromatic carbocycles. The lowest BCUT2D eigenvalue weighted by Gasteiger charge is -2.14. The van der Waals surface area contributed by atoms with Crippen LogP contribution in [-0.2, 0) is 9.59 Å². The second-order valence-corrected chi connectivity index (χ2v) is 6.65. The second kappa shape index (κ2) is 9.31. The molecule has 0 spiro atoms. The molecule has 1 unspecified atom stereocenters. The smallest absolute Gasteiger partial charge is 0.294 e. The Balaban J connectivity index is 1.91. The molecule has 2 rings (SSSR count). The lowest BCUT2D eigenvalue weighted by molar-refractivity contribution is -0.862. The Labute approximate surface area is 165 Å². The van der Waals surface area contributed by atoms with Gasteiger partial charge in [-0.1, -0.05) is 35.3 Å². The van der Waals surface area contributed by atoms with Gasteiger partial charge in [0.2, 0.25) is 0 Å². The van der Waals surface area contributed by atoms with Gasteiger partial charge < -0.3 is 15.5 Å². The molecular formula is C17H17Cl2N4O4+. The number of halogens is 2. The van der Waals surface area contributed by atoms with E-state index in [4.69, 9.17) is 23.2 Å². The summed E-state index contributed by atoms with van der Waals surface area (Å²) in [6.45, 7) is -0.0446. The minimum absolute atomic E-state index is 0.0152.